The van der Waals surface area contributed by atoms with Gasteiger partial charge in [-0.15, -0.1) is 0 Å². The molecule has 0 saturated carbocycles. The molecule has 0 saturated heterocycles. The Hall–Kier alpha value is -5.08. The largest absolute Gasteiger partial charge is 0.456 e. The Labute approximate surface area is 264 Å². The van der Waals surface area contributed by atoms with Crippen LogP contribution in [0.5, 0.6) is 0 Å². The molecular formula is C43H35NO. The van der Waals surface area contributed by atoms with Crippen LogP contribution in [0.3, 0.4) is 0 Å². The topological polar surface area (TPSA) is 16.4 Å². The van der Waals surface area contributed by atoms with Crippen LogP contribution in [0, 0.1) is 5.92 Å². The van der Waals surface area contributed by atoms with Crippen molar-refractivity contribution < 1.29 is 4.42 Å². The molecule has 0 amide bonds. The minimum Gasteiger partial charge on any atom is -0.456 e. The SMILES string of the molecule is CC1(C)C2=CC=CC(N(C3=C(c4ccccc4)C4=CC=CCC4C=C3)c3cccc4oc5ccccc5c34)C2c2ccccc21. The summed E-state index contributed by atoms with van der Waals surface area (Å²) in [6.45, 7) is 4.78. The maximum Gasteiger partial charge on any atom is 0.137 e. The average molecular weight is 582 g/mol. The second-order valence-electron chi connectivity index (χ2n) is 13.2. The van der Waals surface area contributed by atoms with Crippen molar-refractivity contribution in [2.75, 3.05) is 4.90 Å². The maximum atomic E-state index is 6.48. The number of para-hydroxylation sites is 1. The van der Waals surface area contributed by atoms with E-state index in [9.17, 15) is 0 Å². The van der Waals surface area contributed by atoms with Crippen molar-refractivity contribution in [3.8, 4) is 0 Å². The van der Waals surface area contributed by atoms with Crippen LogP contribution in [-0.4, -0.2) is 6.04 Å². The van der Waals surface area contributed by atoms with Crippen LogP contribution in [0.15, 0.2) is 167 Å². The molecule has 5 aromatic rings. The minimum absolute atomic E-state index is 0.0505. The van der Waals surface area contributed by atoms with E-state index in [0.29, 0.717) is 5.92 Å². The van der Waals surface area contributed by atoms with Crippen molar-refractivity contribution in [3.63, 3.8) is 0 Å². The lowest BCUT2D eigenvalue weighted by Crippen LogP contribution is -2.40. The fraction of sp³-hybridized carbons (Fsp3) is 0.163. The lowest BCUT2D eigenvalue weighted by atomic mass is 9.75. The van der Waals surface area contributed by atoms with E-state index < -0.39 is 0 Å². The highest BCUT2D eigenvalue weighted by molar-refractivity contribution is 6.12. The van der Waals surface area contributed by atoms with Gasteiger partial charge in [0.1, 0.15) is 11.2 Å². The molecule has 9 rings (SSSR count). The molecule has 0 fully saturated rings. The van der Waals surface area contributed by atoms with Crippen LogP contribution in [0.4, 0.5) is 5.69 Å². The van der Waals surface area contributed by atoms with E-state index in [2.05, 4.69) is 164 Å². The molecule has 218 valence electrons. The van der Waals surface area contributed by atoms with E-state index in [0.717, 1.165) is 28.4 Å². The molecule has 0 aliphatic heterocycles. The minimum atomic E-state index is -0.0505. The number of hydrogen-bond donors (Lipinski definition) is 0. The normalized spacial score (nSPS) is 22.7. The zero-order valence-electron chi connectivity index (χ0n) is 25.7. The van der Waals surface area contributed by atoms with Crippen LogP contribution in [0.1, 0.15) is 42.9 Å². The molecule has 2 nitrogen and oxygen atoms in total. The third-order valence-electron chi connectivity index (χ3n) is 10.4. The lowest BCUT2D eigenvalue weighted by Gasteiger charge is -2.42. The first-order valence-corrected chi connectivity index (χ1v) is 16.1. The number of nitrogens with zero attached hydrogens (tertiary/aromatic N) is 1. The highest BCUT2D eigenvalue weighted by atomic mass is 16.3. The summed E-state index contributed by atoms with van der Waals surface area (Å²) in [6, 6.07) is 35.2. The van der Waals surface area contributed by atoms with Gasteiger partial charge in [-0.3, -0.25) is 0 Å². The molecular weight excluding hydrogens is 546 g/mol. The molecule has 0 bridgehead atoms. The third kappa shape index (κ3) is 3.88. The van der Waals surface area contributed by atoms with E-state index in [-0.39, 0.29) is 17.4 Å². The van der Waals surface area contributed by atoms with Gasteiger partial charge in [0.05, 0.1) is 17.1 Å². The zero-order valence-corrected chi connectivity index (χ0v) is 25.7. The zero-order chi connectivity index (χ0) is 30.1. The van der Waals surface area contributed by atoms with E-state index in [4.69, 9.17) is 4.42 Å². The van der Waals surface area contributed by atoms with Crippen molar-refractivity contribution >= 4 is 33.2 Å². The predicted molar refractivity (Wildman–Crippen MR) is 187 cm³/mol. The van der Waals surface area contributed by atoms with E-state index >= 15 is 0 Å². The molecule has 0 N–H and O–H groups in total. The average Bonchev–Trinajstić information content (AvgIpc) is 3.58. The van der Waals surface area contributed by atoms with E-state index in [1.54, 1.807) is 0 Å². The highest BCUT2D eigenvalue weighted by Crippen LogP contribution is 2.56. The third-order valence-corrected chi connectivity index (χ3v) is 10.4. The first-order valence-electron chi connectivity index (χ1n) is 16.1. The smallest absolute Gasteiger partial charge is 0.137 e. The molecule has 2 heteroatoms. The van der Waals surface area contributed by atoms with Crippen LogP contribution in [0.25, 0.3) is 27.5 Å². The number of furan rings is 1. The Bertz CT molecular complexity index is 2180. The standard InChI is InChI=1S/C43H35NO/c1-43(2)33-20-10-8-18-31(33)41-34(43)21-12-22-35(41)44(36-23-13-25-39-42(36)32-19-9-11-24-38(32)45-39)37-27-26-28-14-6-7-17-30(28)40(37)29-15-4-3-5-16-29/h3-13,15-28,35,41H,14H2,1-2H3. The summed E-state index contributed by atoms with van der Waals surface area (Å²) in [4.78, 5) is 2.64. The van der Waals surface area contributed by atoms with Gasteiger partial charge in [-0.2, -0.15) is 0 Å². The van der Waals surface area contributed by atoms with Crippen molar-refractivity contribution in [1.29, 1.82) is 0 Å². The number of fused-ring (bicyclic) bond motifs is 7. The number of benzene rings is 4. The molecule has 0 radical (unpaired) electrons. The summed E-state index contributed by atoms with van der Waals surface area (Å²) in [5.74, 6) is 0.579. The Balaban J connectivity index is 1.37. The van der Waals surface area contributed by atoms with Gasteiger partial charge in [0, 0.05) is 33.9 Å². The summed E-state index contributed by atoms with van der Waals surface area (Å²) < 4.78 is 6.48. The van der Waals surface area contributed by atoms with Crippen molar-refractivity contribution in [2.24, 2.45) is 5.92 Å². The molecule has 1 heterocycles. The van der Waals surface area contributed by atoms with Crippen molar-refractivity contribution in [1.82, 2.24) is 0 Å². The molecule has 3 unspecified atom stereocenters. The summed E-state index contributed by atoms with van der Waals surface area (Å²) in [5, 5.41) is 2.31. The van der Waals surface area contributed by atoms with Gasteiger partial charge in [0.25, 0.3) is 0 Å². The van der Waals surface area contributed by atoms with E-state index in [1.807, 2.05) is 0 Å². The first-order chi connectivity index (χ1) is 22.1. The molecule has 4 aliphatic carbocycles. The van der Waals surface area contributed by atoms with E-state index in [1.165, 1.54) is 44.8 Å². The second kappa shape index (κ2) is 9.97. The predicted octanol–water partition coefficient (Wildman–Crippen LogP) is 10.8. The van der Waals surface area contributed by atoms with Gasteiger partial charge in [-0.05, 0) is 53.0 Å². The first kappa shape index (κ1) is 26.3. The maximum absolute atomic E-state index is 6.48. The number of rotatable bonds is 4. The molecule has 1 aromatic heterocycles. The summed E-state index contributed by atoms with van der Waals surface area (Å²) >= 11 is 0. The molecule has 0 spiro atoms. The van der Waals surface area contributed by atoms with Gasteiger partial charge in [-0.1, -0.05) is 141 Å². The fourth-order valence-electron chi connectivity index (χ4n) is 8.41. The van der Waals surface area contributed by atoms with Crippen molar-refractivity contribution in [3.05, 3.63) is 179 Å². The Morgan fingerprint density at radius 1 is 0.756 bits per heavy atom. The number of allylic oxidation sites excluding steroid dienone is 9. The van der Waals surface area contributed by atoms with Crippen LogP contribution in [-0.2, 0) is 5.41 Å². The van der Waals surface area contributed by atoms with Gasteiger partial charge in [0.2, 0.25) is 0 Å². The highest BCUT2D eigenvalue weighted by Gasteiger charge is 2.47. The molecule has 4 aromatic carbocycles. The van der Waals surface area contributed by atoms with Crippen LogP contribution < -0.4 is 4.90 Å². The Morgan fingerprint density at radius 3 is 2.47 bits per heavy atom. The van der Waals surface area contributed by atoms with Crippen LogP contribution in [0.2, 0.25) is 0 Å². The number of anilines is 1. The van der Waals surface area contributed by atoms with Gasteiger partial charge in [0.15, 0.2) is 0 Å². The lowest BCUT2D eigenvalue weighted by molar-refractivity contribution is 0.576. The summed E-state index contributed by atoms with van der Waals surface area (Å²) in [6.07, 6.45) is 19.8. The van der Waals surface area contributed by atoms with Crippen LogP contribution >= 0.6 is 0 Å². The Morgan fingerprint density at radius 2 is 1.56 bits per heavy atom. The fourth-order valence-corrected chi connectivity index (χ4v) is 8.41. The summed E-state index contributed by atoms with van der Waals surface area (Å²) in [5.41, 5.74) is 12.5. The monoisotopic (exact) mass is 581 g/mol. The molecule has 4 aliphatic rings. The quantitative estimate of drug-likeness (QED) is 0.210. The van der Waals surface area contributed by atoms with Gasteiger partial charge >= 0.3 is 0 Å². The Kier molecular flexibility index (Phi) is 5.83. The van der Waals surface area contributed by atoms with Gasteiger partial charge < -0.3 is 9.32 Å². The van der Waals surface area contributed by atoms with Gasteiger partial charge in [-0.25, -0.2) is 0 Å². The summed E-state index contributed by atoms with van der Waals surface area (Å²) in [7, 11) is 0. The second-order valence-corrected chi connectivity index (χ2v) is 13.2. The molecule has 3 atom stereocenters. The van der Waals surface area contributed by atoms with Crippen molar-refractivity contribution in [2.45, 2.75) is 37.6 Å². The molecule has 45 heavy (non-hydrogen) atoms. The number of hydrogen-bond acceptors (Lipinski definition) is 2.